The molecule has 1 amide bonds. The topological polar surface area (TPSA) is 68.0 Å². The van der Waals surface area contributed by atoms with Crippen LogP contribution in [0.2, 0.25) is 5.02 Å². The van der Waals surface area contributed by atoms with Crippen molar-refractivity contribution in [1.29, 1.82) is 0 Å². The van der Waals surface area contributed by atoms with Crippen LogP contribution in [-0.2, 0) is 4.79 Å². The standard InChI is InChI=1S/C20H20ClN3O2S/c1-12-7-13(2)9-16(8-12)19-23-24-20(26-19)27-11-18(25)22-14(3)15-5-4-6-17(21)10-15/h4-10,14H,11H2,1-3H3,(H,22,25)/t14-/m1/s1. The molecule has 3 rings (SSSR count). The quantitative estimate of drug-likeness (QED) is 0.590. The molecule has 0 spiro atoms. The van der Waals surface area contributed by atoms with E-state index in [-0.39, 0.29) is 17.7 Å². The molecule has 1 atom stereocenters. The van der Waals surface area contributed by atoms with Gasteiger partial charge in [-0.25, -0.2) is 0 Å². The number of halogens is 1. The molecule has 0 saturated heterocycles. The lowest BCUT2D eigenvalue weighted by Crippen LogP contribution is -2.28. The fourth-order valence-corrected chi connectivity index (χ4v) is 3.53. The minimum absolute atomic E-state index is 0.112. The third-order valence-corrected chi connectivity index (χ3v) is 4.98. The highest BCUT2D eigenvalue weighted by Gasteiger charge is 2.14. The van der Waals surface area contributed by atoms with Gasteiger partial charge in [0.05, 0.1) is 11.8 Å². The lowest BCUT2D eigenvalue weighted by atomic mass is 10.1. The molecule has 3 aromatic rings. The Bertz CT molecular complexity index is 938. The third-order valence-electron chi connectivity index (χ3n) is 3.93. The van der Waals surface area contributed by atoms with Crippen LogP contribution < -0.4 is 5.32 Å². The molecule has 27 heavy (non-hydrogen) atoms. The number of aryl methyl sites for hydroxylation is 2. The molecule has 5 nitrogen and oxygen atoms in total. The van der Waals surface area contributed by atoms with E-state index in [1.54, 1.807) is 6.07 Å². The van der Waals surface area contributed by atoms with Crippen molar-refractivity contribution in [3.05, 3.63) is 64.2 Å². The maximum Gasteiger partial charge on any atom is 0.277 e. The van der Waals surface area contributed by atoms with E-state index in [4.69, 9.17) is 16.0 Å². The van der Waals surface area contributed by atoms with Crippen LogP contribution in [0, 0.1) is 13.8 Å². The van der Waals surface area contributed by atoms with Gasteiger partial charge in [0.25, 0.3) is 5.22 Å². The Kier molecular flexibility index (Phi) is 6.19. The number of rotatable bonds is 6. The maximum absolute atomic E-state index is 12.2. The summed E-state index contributed by atoms with van der Waals surface area (Å²) in [5.74, 6) is 0.537. The molecule has 0 bridgehead atoms. The Balaban J connectivity index is 1.57. The summed E-state index contributed by atoms with van der Waals surface area (Å²) in [5.41, 5.74) is 4.10. The minimum atomic E-state index is -0.134. The molecule has 0 aliphatic carbocycles. The Morgan fingerprint density at radius 3 is 2.63 bits per heavy atom. The number of hydrogen-bond donors (Lipinski definition) is 1. The van der Waals surface area contributed by atoms with Crippen molar-refractivity contribution in [3.63, 3.8) is 0 Å². The molecule has 0 radical (unpaired) electrons. The van der Waals surface area contributed by atoms with E-state index in [9.17, 15) is 4.79 Å². The second-order valence-corrected chi connectivity index (χ2v) is 7.75. The second kappa shape index (κ2) is 8.59. The monoisotopic (exact) mass is 401 g/mol. The maximum atomic E-state index is 12.2. The van der Waals surface area contributed by atoms with Crippen molar-refractivity contribution in [2.24, 2.45) is 0 Å². The van der Waals surface area contributed by atoms with Crippen LogP contribution in [0.5, 0.6) is 0 Å². The first kappa shape index (κ1) is 19.5. The smallest absolute Gasteiger partial charge is 0.277 e. The van der Waals surface area contributed by atoms with Gasteiger partial charge < -0.3 is 9.73 Å². The van der Waals surface area contributed by atoms with Crippen molar-refractivity contribution in [1.82, 2.24) is 15.5 Å². The summed E-state index contributed by atoms with van der Waals surface area (Å²) in [7, 11) is 0. The molecule has 7 heteroatoms. The summed E-state index contributed by atoms with van der Waals surface area (Å²) in [6.45, 7) is 5.96. The molecule has 1 aromatic heterocycles. The minimum Gasteiger partial charge on any atom is -0.411 e. The number of amides is 1. The lowest BCUT2D eigenvalue weighted by molar-refractivity contribution is -0.119. The van der Waals surface area contributed by atoms with Gasteiger partial charge in [-0.1, -0.05) is 52.7 Å². The summed E-state index contributed by atoms with van der Waals surface area (Å²) in [6, 6.07) is 13.4. The molecular weight excluding hydrogens is 382 g/mol. The highest BCUT2D eigenvalue weighted by molar-refractivity contribution is 7.99. The summed E-state index contributed by atoms with van der Waals surface area (Å²) in [5, 5.41) is 12.1. The van der Waals surface area contributed by atoms with Gasteiger partial charge in [0.15, 0.2) is 0 Å². The van der Waals surface area contributed by atoms with Crippen molar-refractivity contribution in [2.45, 2.75) is 32.0 Å². The Labute approximate surface area is 167 Å². The zero-order chi connectivity index (χ0) is 19.4. The highest BCUT2D eigenvalue weighted by atomic mass is 35.5. The number of thioether (sulfide) groups is 1. The zero-order valence-electron chi connectivity index (χ0n) is 15.3. The van der Waals surface area contributed by atoms with Crippen LogP contribution in [-0.4, -0.2) is 21.9 Å². The van der Waals surface area contributed by atoms with E-state index in [2.05, 4.69) is 21.6 Å². The van der Waals surface area contributed by atoms with Crippen LogP contribution in [0.15, 0.2) is 52.1 Å². The van der Waals surface area contributed by atoms with Crippen LogP contribution in [0.4, 0.5) is 0 Å². The number of aromatic nitrogens is 2. The highest BCUT2D eigenvalue weighted by Crippen LogP contribution is 2.25. The van der Waals surface area contributed by atoms with E-state index < -0.39 is 0 Å². The first-order valence-corrected chi connectivity index (χ1v) is 9.87. The van der Waals surface area contributed by atoms with Gasteiger partial charge in [-0.2, -0.15) is 0 Å². The van der Waals surface area contributed by atoms with Gasteiger partial charge in [0, 0.05) is 10.6 Å². The van der Waals surface area contributed by atoms with E-state index in [0.29, 0.717) is 16.1 Å². The summed E-state index contributed by atoms with van der Waals surface area (Å²) >= 11 is 7.21. The van der Waals surface area contributed by atoms with Crippen molar-refractivity contribution < 1.29 is 9.21 Å². The molecule has 0 saturated carbocycles. The lowest BCUT2D eigenvalue weighted by Gasteiger charge is -2.14. The van der Waals surface area contributed by atoms with Crippen molar-refractivity contribution in [2.75, 3.05) is 5.75 Å². The average molecular weight is 402 g/mol. The van der Waals surface area contributed by atoms with E-state index >= 15 is 0 Å². The predicted molar refractivity (Wildman–Crippen MR) is 108 cm³/mol. The van der Waals surface area contributed by atoms with Crippen molar-refractivity contribution >= 4 is 29.3 Å². The number of hydrogen-bond acceptors (Lipinski definition) is 5. The Morgan fingerprint density at radius 1 is 1.19 bits per heavy atom. The third kappa shape index (κ3) is 5.34. The molecular formula is C20H20ClN3O2S. The number of benzene rings is 2. The normalized spacial score (nSPS) is 12.0. The van der Waals surface area contributed by atoms with Gasteiger partial charge in [0.2, 0.25) is 11.8 Å². The number of nitrogens with one attached hydrogen (secondary N) is 1. The van der Waals surface area contributed by atoms with Crippen molar-refractivity contribution in [3.8, 4) is 11.5 Å². The van der Waals surface area contributed by atoms with Gasteiger partial charge in [-0.05, 0) is 50.6 Å². The second-order valence-electron chi connectivity index (χ2n) is 6.38. The molecule has 1 heterocycles. The fraction of sp³-hybridized carbons (Fsp3) is 0.250. The molecule has 140 valence electrons. The first-order chi connectivity index (χ1) is 12.9. The van der Waals surface area contributed by atoms with E-state index in [1.165, 1.54) is 11.8 Å². The first-order valence-electron chi connectivity index (χ1n) is 8.50. The summed E-state index contributed by atoms with van der Waals surface area (Å²) in [6.07, 6.45) is 0. The molecule has 1 N–H and O–H groups in total. The van der Waals surface area contributed by atoms with Gasteiger partial charge >= 0.3 is 0 Å². The molecule has 0 fully saturated rings. The largest absolute Gasteiger partial charge is 0.411 e. The number of carbonyl (C=O) groups is 1. The zero-order valence-corrected chi connectivity index (χ0v) is 16.9. The fourth-order valence-electron chi connectivity index (χ4n) is 2.75. The molecule has 0 aliphatic heterocycles. The molecule has 0 unspecified atom stereocenters. The SMILES string of the molecule is Cc1cc(C)cc(-c2nnc(SCC(=O)N[C@H](C)c3cccc(Cl)c3)o2)c1. The van der Waals surface area contributed by atoms with Gasteiger partial charge in [0.1, 0.15) is 0 Å². The van der Waals surface area contributed by atoms with E-state index in [0.717, 1.165) is 22.3 Å². The van der Waals surface area contributed by atoms with Crippen LogP contribution in [0.3, 0.4) is 0 Å². The summed E-state index contributed by atoms with van der Waals surface area (Å²) < 4.78 is 5.68. The van der Waals surface area contributed by atoms with Gasteiger partial charge in [-0.15, -0.1) is 10.2 Å². The van der Waals surface area contributed by atoms with Crippen LogP contribution >= 0.6 is 23.4 Å². The van der Waals surface area contributed by atoms with Gasteiger partial charge in [-0.3, -0.25) is 4.79 Å². The predicted octanol–water partition coefficient (Wildman–Crippen LogP) is 4.98. The van der Waals surface area contributed by atoms with Crippen LogP contribution in [0.25, 0.3) is 11.5 Å². The van der Waals surface area contributed by atoms with Crippen LogP contribution in [0.1, 0.15) is 29.7 Å². The van der Waals surface area contributed by atoms with E-state index in [1.807, 2.05) is 51.1 Å². The average Bonchev–Trinajstić information content (AvgIpc) is 3.08. The number of nitrogens with zero attached hydrogens (tertiary/aromatic N) is 2. The Hall–Kier alpha value is -2.31. The molecule has 2 aromatic carbocycles. The summed E-state index contributed by atoms with van der Waals surface area (Å²) in [4.78, 5) is 12.2. The molecule has 0 aliphatic rings. The Morgan fingerprint density at radius 2 is 1.93 bits per heavy atom. The number of carbonyl (C=O) groups excluding carboxylic acids is 1.